The average molecular weight is 249 g/mol. The molecule has 1 saturated carbocycles. The number of nitrogens with two attached hydrogens (primary N) is 1. The molecule has 0 unspecified atom stereocenters. The highest BCUT2D eigenvalue weighted by atomic mass is 16.5. The van der Waals surface area contributed by atoms with E-state index in [0.29, 0.717) is 12.7 Å². The molecule has 0 aromatic heterocycles. The first-order valence-corrected chi connectivity index (χ1v) is 6.73. The molecule has 1 fully saturated rings. The maximum atomic E-state index is 5.98. The molecule has 0 radical (unpaired) electrons. The maximum absolute atomic E-state index is 5.98. The van der Waals surface area contributed by atoms with Crippen molar-refractivity contribution in [3.8, 4) is 5.75 Å². The molecule has 0 saturated heterocycles. The van der Waals surface area contributed by atoms with E-state index in [2.05, 4.69) is 6.92 Å². The molecule has 18 heavy (non-hydrogen) atoms. The number of hydrogen-bond acceptors (Lipinski definition) is 3. The van der Waals surface area contributed by atoms with E-state index in [1.165, 1.54) is 25.7 Å². The van der Waals surface area contributed by atoms with Gasteiger partial charge in [0.05, 0.1) is 19.8 Å². The normalized spacial score (nSPS) is 23.9. The molecule has 2 N–H and O–H groups in total. The topological polar surface area (TPSA) is 44.5 Å². The standard InChI is InChI=1S/C15H23NO2/c1-11-3-6-14(7-4-11)18-10-12-9-13(16)5-8-15(12)17-2/h5,8-9,11,14H,3-4,6-7,10,16H2,1-2H3. The fraction of sp³-hybridized carbons (Fsp3) is 0.600. The fourth-order valence-electron chi connectivity index (χ4n) is 2.52. The van der Waals surface area contributed by atoms with E-state index in [1.807, 2.05) is 18.2 Å². The minimum absolute atomic E-state index is 0.396. The van der Waals surface area contributed by atoms with Crippen LogP contribution in [0.25, 0.3) is 0 Å². The zero-order chi connectivity index (χ0) is 13.0. The summed E-state index contributed by atoms with van der Waals surface area (Å²) in [5.74, 6) is 1.71. The van der Waals surface area contributed by atoms with Crippen molar-refractivity contribution in [1.29, 1.82) is 0 Å². The monoisotopic (exact) mass is 249 g/mol. The molecule has 2 rings (SSSR count). The lowest BCUT2D eigenvalue weighted by Gasteiger charge is -2.26. The smallest absolute Gasteiger partial charge is 0.124 e. The summed E-state index contributed by atoms with van der Waals surface area (Å²) in [4.78, 5) is 0. The number of ether oxygens (including phenoxy) is 2. The molecule has 1 aromatic carbocycles. The third-order valence-corrected chi connectivity index (χ3v) is 3.74. The van der Waals surface area contributed by atoms with Crippen molar-refractivity contribution in [2.24, 2.45) is 5.92 Å². The van der Waals surface area contributed by atoms with Crippen molar-refractivity contribution >= 4 is 5.69 Å². The number of nitrogen functional groups attached to an aromatic ring is 1. The molecule has 0 heterocycles. The van der Waals surface area contributed by atoms with Gasteiger partial charge in [0, 0.05) is 11.3 Å². The van der Waals surface area contributed by atoms with Gasteiger partial charge in [0.25, 0.3) is 0 Å². The Morgan fingerprint density at radius 2 is 1.94 bits per heavy atom. The van der Waals surface area contributed by atoms with E-state index in [-0.39, 0.29) is 0 Å². The lowest BCUT2D eigenvalue weighted by molar-refractivity contribution is 0.00804. The fourth-order valence-corrected chi connectivity index (χ4v) is 2.52. The number of rotatable bonds is 4. The van der Waals surface area contributed by atoms with Crippen LogP contribution in [-0.2, 0) is 11.3 Å². The average Bonchev–Trinajstić information content (AvgIpc) is 2.38. The van der Waals surface area contributed by atoms with Gasteiger partial charge in [0.1, 0.15) is 5.75 Å². The highest BCUT2D eigenvalue weighted by molar-refractivity contribution is 5.47. The Labute approximate surface area is 109 Å². The quantitative estimate of drug-likeness (QED) is 0.832. The number of anilines is 1. The van der Waals surface area contributed by atoms with Gasteiger partial charge in [-0.15, -0.1) is 0 Å². The predicted octanol–water partition coefficient (Wildman–Crippen LogP) is 3.37. The summed E-state index contributed by atoms with van der Waals surface area (Å²) in [5.41, 5.74) is 7.59. The first-order valence-electron chi connectivity index (χ1n) is 6.73. The summed E-state index contributed by atoms with van der Waals surface area (Å²) in [7, 11) is 1.68. The second-order valence-corrected chi connectivity index (χ2v) is 5.26. The van der Waals surface area contributed by atoms with E-state index in [0.717, 1.165) is 22.9 Å². The van der Waals surface area contributed by atoms with Crippen molar-refractivity contribution in [1.82, 2.24) is 0 Å². The SMILES string of the molecule is COc1ccc(N)cc1COC1CCC(C)CC1. The Morgan fingerprint density at radius 3 is 2.61 bits per heavy atom. The summed E-state index contributed by atoms with van der Waals surface area (Å²) in [6.45, 7) is 2.91. The Bertz CT molecular complexity index is 384. The van der Waals surface area contributed by atoms with Crippen LogP contribution in [-0.4, -0.2) is 13.2 Å². The van der Waals surface area contributed by atoms with Crippen LogP contribution in [0, 0.1) is 5.92 Å². The molecule has 0 atom stereocenters. The van der Waals surface area contributed by atoms with Gasteiger partial charge >= 0.3 is 0 Å². The predicted molar refractivity (Wildman–Crippen MR) is 73.6 cm³/mol. The second kappa shape index (κ2) is 6.10. The van der Waals surface area contributed by atoms with Gasteiger partial charge in [-0.1, -0.05) is 6.92 Å². The molecular formula is C15H23NO2. The minimum Gasteiger partial charge on any atom is -0.496 e. The zero-order valence-corrected chi connectivity index (χ0v) is 11.3. The molecule has 1 aliphatic rings. The number of benzene rings is 1. The molecule has 0 bridgehead atoms. The number of methoxy groups -OCH3 is 1. The summed E-state index contributed by atoms with van der Waals surface area (Å²) in [5, 5.41) is 0. The van der Waals surface area contributed by atoms with Gasteiger partial charge in [-0.05, 0) is 49.8 Å². The van der Waals surface area contributed by atoms with Crippen LogP contribution in [0.15, 0.2) is 18.2 Å². The highest BCUT2D eigenvalue weighted by Crippen LogP contribution is 2.28. The third kappa shape index (κ3) is 3.39. The van der Waals surface area contributed by atoms with Crippen LogP contribution >= 0.6 is 0 Å². The van der Waals surface area contributed by atoms with Gasteiger partial charge in [-0.3, -0.25) is 0 Å². The Hall–Kier alpha value is -1.22. The largest absolute Gasteiger partial charge is 0.496 e. The highest BCUT2D eigenvalue weighted by Gasteiger charge is 2.19. The Morgan fingerprint density at radius 1 is 1.22 bits per heavy atom. The molecule has 3 heteroatoms. The van der Waals surface area contributed by atoms with E-state index >= 15 is 0 Å². The van der Waals surface area contributed by atoms with Gasteiger partial charge in [-0.2, -0.15) is 0 Å². The van der Waals surface area contributed by atoms with Crippen molar-refractivity contribution in [3.05, 3.63) is 23.8 Å². The van der Waals surface area contributed by atoms with E-state index < -0.39 is 0 Å². The molecule has 0 aliphatic heterocycles. The first-order chi connectivity index (χ1) is 8.69. The summed E-state index contributed by atoms with van der Waals surface area (Å²) < 4.78 is 11.3. The molecule has 100 valence electrons. The Balaban J connectivity index is 1.91. The first kappa shape index (κ1) is 13.2. The van der Waals surface area contributed by atoms with Crippen LogP contribution in [0.5, 0.6) is 5.75 Å². The van der Waals surface area contributed by atoms with Crippen LogP contribution in [0.4, 0.5) is 5.69 Å². The van der Waals surface area contributed by atoms with Crippen LogP contribution in [0.1, 0.15) is 38.2 Å². The van der Waals surface area contributed by atoms with Crippen LogP contribution in [0.3, 0.4) is 0 Å². The van der Waals surface area contributed by atoms with Gasteiger partial charge in [0.15, 0.2) is 0 Å². The van der Waals surface area contributed by atoms with Gasteiger partial charge in [-0.25, -0.2) is 0 Å². The van der Waals surface area contributed by atoms with Crippen molar-refractivity contribution in [2.45, 2.75) is 45.3 Å². The summed E-state index contributed by atoms with van der Waals surface area (Å²) in [6.07, 6.45) is 5.29. The minimum atomic E-state index is 0.396. The molecule has 1 aromatic rings. The van der Waals surface area contributed by atoms with Crippen LogP contribution in [0.2, 0.25) is 0 Å². The summed E-state index contributed by atoms with van der Waals surface area (Å²) in [6, 6.07) is 5.69. The van der Waals surface area contributed by atoms with Crippen LogP contribution < -0.4 is 10.5 Å². The maximum Gasteiger partial charge on any atom is 0.124 e. The van der Waals surface area contributed by atoms with Gasteiger partial charge < -0.3 is 15.2 Å². The van der Waals surface area contributed by atoms with E-state index in [1.54, 1.807) is 7.11 Å². The molecule has 3 nitrogen and oxygen atoms in total. The third-order valence-electron chi connectivity index (χ3n) is 3.74. The van der Waals surface area contributed by atoms with Crippen molar-refractivity contribution < 1.29 is 9.47 Å². The molecule has 0 spiro atoms. The molecule has 0 amide bonds. The second-order valence-electron chi connectivity index (χ2n) is 5.26. The number of hydrogen-bond donors (Lipinski definition) is 1. The molecular weight excluding hydrogens is 226 g/mol. The molecule has 1 aliphatic carbocycles. The van der Waals surface area contributed by atoms with Crippen molar-refractivity contribution in [3.63, 3.8) is 0 Å². The van der Waals surface area contributed by atoms with E-state index in [4.69, 9.17) is 15.2 Å². The lowest BCUT2D eigenvalue weighted by Crippen LogP contribution is -2.20. The summed E-state index contributed by atoms with van der Waals surface area (Å²) >= 11 is 0. The lowest BCUT2D eigenvalue weighted by atomic mass is 9.89. The van der Waals surface area contributed by atoms with Crippen molar-refractivity contribution in [2.75, 3.05) is 12.8 Å². The van der Waals surface area contributed by atoms with Gasteiger partial charge in [0.2, 0.25) is 0 Å². The Kier molecular flexibility index (Phi) is 4.48. The van der Waals surface area contributed by atoms with E-state index in [9.17, 15) is 0 Å². The zero-order valence-electron chi connectivity index (χ0n) is 11.3.